The van der Waals surface area contributed by atoms with E-state index in [0.717, 1.165) is 31.5 Å². The highest BCUT2D eigenvalue weighted by Crippen LogP contribution is 2.32. The van der Waals surface area contributed by atoms with Gasteiger partial charge in [0.1, 0.15) is 5.58 Å². The minimum Gasteiger partial charge on any atom is -0.440 e. The normalized spacial score (nSPS) is 18.4. The van der Waals surface area contributed by atoms with Crippen LogP contribution in [0.1, 0.15) is 32.3 Å². The van der Waals surface area contributed by atoms with Crippen LogP contribution < -0.4 is 10.3 Å². The molecule has 1 fully saturated rings. The maximum atomic E-state index is 12.2. The summed E-state index contributed by atoms with van der Waals surface area (Å²) in [4.78, 5) is 14.4. The molecule has 1 aliphatic heterocycles. The van der Waals surface area contributed by atoms with Gasteiger partial charge >= 0.3 is 0 Å². The van der Waals surface area contributed by atoms with Crippen LogP contribution in [0.25, 0.3) is 11.0 Å². The monoisotopic (exact) mass is 271 g/mol. The number of benzene rings is 1. The number of nitrogens with zero attached hydrogens (tertiary/aromatic N) is 1. The molecule has 0 atom stereocenters. The molecule has 0 bridgehead atoms. The van der Waals surface area contributed by atoms with Gasteiger partial charge in [0.05, 0.1) is 5.39 Å². The molecule has 0 amide bonds. The first kappa shape index (κ1) is 13.2. The summed E-state index contributed by atoms with van der Waals surface area (Å²) in [6, 6.07) is 7.40. The Kier molecular flexibility index (Phi) is 3.08. The molecule has 2 aromatic rings. The Balaban J connectivity index is 1.97. The van der Waals surface area contributed by atoms with Crippen LogP contribution in [0.5, 0.6) is 0 Å². The zero-order valence-corrected chi connectivity index (χ0v) is 12.4. The molecule has 106 valence electrons. The van der Waals surface area contributed by atoms with Gasteiger partial charge in [0.15, 0.2) is 11.3 Å². The van der Waals surface area contributed by atoms with Crippen molar-refractivity contribution in [3.63, 3.8) is 0 Å². The Labute approximate surface area is 119 Å². The number of hydrogen-bond acceptors (Lipinski definition) is 3. The maximum Gasteiger partial charge on any atom is 0.199 e. The number of fused-ring (bicyclic) bond motifs is 1. The summed E-state index contributed by atoms with van der Waals surface area (Å²) in [5.41, 5.74) is 2.21. The van der Waals surface area contributed by atoms with Crippen molar-refractivity contribution in [2.24, 2.45) is 5.41 Å². The molecule has 1 aromatic carbocycles. The summed E-state index contributed by atoms with van der Waals surface area (Å²) < 4.78 is 5.93. The second kappa shape index (κ2) is 4.65. The van der Waals surface area contributed by atoms with Crippen LogP contribution in [-0.2, 0) is 0 Å². The third kappa shape index (κ3) is 2.45. The third-order valence-electron chi connectivity index (χ3n) is 4.30. The molecule has 1 aromatic heterocycles. The molecule has 1 aliphatic rings. The zero-order valence-electron chi connectivity index (χ0n) is 12.4. The summed E-state index contributed by atoms with van der Waals surface area (Å²) in [5.74, 6) is 0.710. The van der Waals surface area contributed by atoms with Gasteiger partial charge in [-0.15, -0.1) is 0 Å². The van der Waals surface area contributed by atoms with E-state index >= 15 is 0 Å². The molecule has 1 saturated heterocycles. The van der Waals surface area contributed by atoms with E-state index in [-0.39, 0.29) is 5.43 Å². The SMILES string of the molecule is Cc1ccc2oc(N3CCC(C)(C)CC3)cc(=O)c2c1. The molecule has 3 heteroatoms. The molecule has 3 rings (SSSR count). The number of hydrogen-bond donors (Lipinski definition) is 0. The van der Waals surface area contributed by atoms with Crippen LogP contribution in [0.3, 0.4) is 0 Å². The molecule has 0 saturated carbocycles. The largest absolute Gasteiger partial charge is 0.440 e. The number of rotatable bonds is 1. The topological polar surface area (TPSA) is 33.5 Å². The van der Waals surface area contributed by atoms with E-state index in [1.807, 2.05) is 25.1 Å². The summed E-state index contributed by atoms with van der Waals surface area (Å²) in [6.07, 6.45) is 2.26. The maximum absolute atomic E-state index is 12.2. The van der Waals surface area contributed by atoms with Crippen LogP contribution in [-0.4, -0.2) is 13.1 Å². The lowest BCUT2D eigenvalue weighted by molar-refractivity contribution is 0.274. The Bertz CT molecular complexity index is 690. The van der Waals surface area contributed by atoms with Gasteiger partial charge in [-0.2, -0.15) is 0 Å². The van der Waals surface area contributed by atoms with Gasteiger partial charge in [0.2, 0.25) is 0 Å². The average Bonchev–Trinajstić information content (AvgIpc) is 2.39. The van der Waals surface area contributed by atoms with Crippen molar-refractivity contribution in [2.45, 2.75) is 33.6 Å². The molecule has 0 spiro atoms. The molecule has 2 heterocycles. The van der Waals surface area contributed by atoms with Crippen LogP contribution >= 0.6 is 0 Å². The quantitative estimate of drug-likeness (QED) is 0.792. The summed E-state index contributed by atoms with van der Waals surface area (Å²) in [7, 11) is 0. The zero-order chi connectivity index (χ0) is 14.3. The smallest absolute Gasteiger partial charge is 0.199 e. The van der Waals surface area contributed by atoms with Crippen LogP contribution in [0.4, 0.5) is 5.88 Å². The van der Waals surface area contributed by atoms with Crippen LogP contribution in [0.15, 0.2) is 33.5 Å². The number of piperidine rings is 1. The van der Waals surface area contributed by atoms with E-state index < -0.39 is 0 Å². The predicted octanol–water partition coefficient (Wildman–Crippen LogP) is 3.73. The standard InChI is InChI=1S/C17H21NO2/c1-12-4-5-15-13(10-12)14(19)11-16(20-15)18-8-6-17(2,3)7-9-18/h4-5,10-11H,6-9H2,1-3H3. The predicted molar refractivity (Wildman–Crippen MR) is 82.4 cm³/mol. The first-order valence-electron chi connectivity index (χ1n) is 7.24. The van der Waals surface area contributed by atoms with Gasteiger partial charge in [0.25, 0.3) is 0 Å². The lowest BCUT2D eigenvalue weighted by Crippen LogP contribution is -2.37. The molecule has 3 nitrogen and oxygen atoms in total. The fourth-order valence-electron chi connectivity index (χ4n) is 2.75. The summed E-state index contributed by atoms with van der Waals surface area (Å²) >= 11 is 0. The summed E-state index contributed by atoms with van der Waals surface area (Å²) in [6.45, 7) is 8.48. The van der Waals surface area contributed by atoms with Crippen molar-refractivity contribution >= 4 is 16.9 Å². The minimum absolute atomic E-state index is 0.0507. The van der Waals surface area contributed by atoms with Crippen molar-refractivity contribution in [2.75, 3.05) is 18.0 Å². The minimum atomic E-state index is 0.0507. The molecule has 0 N–H and O–H groups in total. The van der Waals surface area contributed by atoms with Gasteiger partial charge in [-0.1, -0.05) is 25.5 Å². The fourth-order valence-corrected chi connectivity index (χ4v) is 2.75. The van der Waals surface area contributed by atoms with Crippen LogP contribution in [0, 0.1) is 12.3 Å². The van der Waals surface area contributed by atoms with Crippen molar-refractivity contribution < 1.29 is 4.42 Å². The number of anilines is 1. The first-order chi connectivity index (χ1) is 9.44. The van der Waals surface area contributed by atoms with Crippen molar-refractivity contribution in [3.05, 3.63) is 40.1 Å². The second-order valence-corrected chi connectivity index (χ2v) is 6.60. The Morgan fingerprint density at radius 1 is 1.15 bits per heavy atom. The highest BCUT2D eigenvalue weighted by atomic mass is 16.4. The molecule has 0 aliphatic carbocycles. The third-order valence-corrected chi connectivity index (χ3v) is 4.30. The lowest BCUT2D eigenvalue weighted by atomic mass is 9.83. The highest BCUT2D eigenvalue weighted by molar-refractivity contribution is 5.78. The Morgan fingerprint density at radius 2 is 1.85 bits per heavy atom. The van der Waals surface area contributed by atoms with Gasteiger partial charge in [-0.05, 0) is 37.3 Å². The van der Waals surface area contributed by atoms with E-state index in [1.165, 1.54) is 0 Å². The van der Waals surface area contributed by atoms with E-state index in [9.17, 15) is 4.79 Å². The molecular weight excluding hydrogens is 250 g/mol. The van der Waals surface area contributed by atoms with Gasteiger partial charge in [-0.25, -0.2) is 0 Å². The van der Waals surface area contributed by atoms with Crippen molar-refractivity contribution in [3.8, 4) is 0 Å². The van der Waals surface area contributed by atoms with Crippen LogP contribution in [0.2, 0.25) is 0 Å². The fraction of sp³-hybridized carbons (Fsp3) is 0.471. The van der Waals surface area contributed by atoms with Crippen molar-refractivity contribution in [1.29, 1.82) is 0 Å². The van der Waals surface area contributed by atoms with E-state index in [2.05, 4.69) is 18.7 Å². The molecule has 0 unspecified atom stereocenters. The van der Waals surface area contributed by atoms with Gasteiger partial charge in [0, 0.05) is 19.2 Å². The van der Waals surface area contributed by atoms with Gasteiger partial charge in [-0.3, -0.25) is 4.79 Å². The highest BCUT2D eigenvalue weighted by Gasteiger charge is 2.26. The lowest BCUT2D eigenvalue weighted by Gasteiger charge is -2.37. The molecule has 20 heavy (non-hydrogen) atoms. The molecular formula is C17H21NO2. The first-order valence-corrected chi connectivity index (χ1v) is 7.24. The van der Waals surface area contributed by atoms with E-state index in [0.29, 0.717) is 22.3 Å². The number of aryl methyl sites for hydroxylation is 1. The van der Waals surface area contributed by atoms with Gasteiger partial charge < -0.3 is 9.32 Å². The Hall–Kier alpha value is -1.77. The van der Waals surface area contributed by atoms with E-state index in [4.69, 9.17) is 4.42 Å². The Morgan fingerprint density at radius 3 is 2.55 bits per heavy atom. The average molecular weight is 271 g/mol. The van der Waals surface area contributed by atoms with E-state index in [1.54, 1.807) is 6.07 Å². The second-order valence-electron chi connectivity index (χ2n) is 6.60. The molecule has 0 radical (unpaired) electrons. The summed E-state index contributed by atoms with van der Waals surface area (Å²) in [5, 5.41) is 0.672. The van der Waals surface area contributed by atoms with Crippen molar-refractivity contribution in [1.82, 2.24) is 0 Å².